The van der Waals surface area contributed by atoms with Gasteiger partial charge in [0.25, 0.3) is 0 Å². The Hall–Kier alpha value is -0.950. The first kappa shape index (κ1) is 12.5. The van der Waals surface area contributed by atoms with Crippen molar-refractivity contribution in [1.29, 1.82) is 0 Å². The fourth-order valence-electron chi connectivity index (χ4n) is 1.09. The van der Waals surface area contributed by atoms with Crippen LogP contribution < -0.4 is 0 Å². The van der Waals surface area contributed by atoms with Crippen LogP contribution in [0, 0.1) is 3.95 Å². The Balaban J connectivity index is 2.36. The number of halogens is 2. The van der Waals surface area contributed by atoms with Crippen LogP contribution in [0.1, 0.15) is 5.56 Å². The van der Waals surface area contributed by atoms with E-state index < -0.39 is 0 Å². The molecule has 8 heteroatoms. The molecule has 4 nitrogen and oxygen atoms in total. The molecule has 0 aliphatic carbocycles. The number of nitrogens with zero attached hydrogens (tertiary/aromatic N) is 2. The van der Waals surface area contributed by atoms with E-state index in [1.807, 2.05) is 0 Å². The fraction of sp³-hybridized carbons (Fsp3) is 0. The van der Waals surface area contributed by atoms with Crippen molar-refractivity contribution in [3.63, 3.8) is 0 Å². The monoisotopic (exact) mass is 305 g/mol. The zero-order valence-corrected chi connectivity index (χ0v) is 11.3. The predicted octanol–water partition coefficient (Wildman–Crippen LogP) is 3.96. The third kappa shape index (κ3) is 3.04. The number of aromatic amines is 1. The summed E-state index contributed by atoms with van der Waals surface area (Å²) in [7, 11) is 0. The Morgan fingerprint density at radius 1 is 1.47 bits per heavy atom. The summed E-state index contributed by atoms with van der Waals surface area (Å²) >= 11 is 17.7. The largest absolute Gasteiger partial charge is 0.506 e. The standard InChI is InChI=1S/C9H5Cl2N3OS2/c10-5-1-4(7(15)6(11)2-5)3-12-8-13-14-9(16)17-8/h1-3,15H,(H,14,16)/b12-3+. The van der Waals surface area contributed by atoms with Crippen LogP contribution in [0.25, 0.3) is 0 Å². The fourth-order valence-corrected chi connectivity index (χ4v) is 2.32. The summed E-state index contributed by atoms with van der Waals surface area (Å²) in [5.41, 5.74) is 0.420. The van der Waals surface area contributed by atoms with Gasteiger partial charge in [-0.15, -0.1) is 5.10 Å². The van der Waals surface area contributed by atoms with Crippen molar-refractivity contribution in [2.24, 2.45) is 4.99 Å². The Labute approximate surface area is 116 Å². The third-order valence-corrected chi connectivity index (χ3v) is 3.30. The molecule has 17 heavy (non-hydrogen) atoms. The molecular weight excluding hydrogens is 301 g/mol. The highest BCUT2D eigenvalue weighted by Gasteiger charge is 2.06. The van der Waals surface area contributed by atoms with Gasteiger partial charge in [0.15, 0.2) is 3.95 Å². The van der Waals surface area contributed by atoms with Crippen molar-refractivity contribution in [2.45, 2.75) is 0 Å². The first-order valence-corrected chi connectivity index (χ1v) is 6.32. The van der Waals surface area contributed by atoms with E-state index in [9.17, 15) is 5.11 Å². The zero-order chi connectivity index (χ0) is 12.4. The summed E-state index contributed by atoms with van der Waals surface area (Å²) in [5.74, 6) is -0.0704. The molecule has 0 atom stereocenters. The molecule has 0 unspecified atom stereocenters. The van der Waals surface area contributed by atoms with Gasteiger partial charge in [0.2, 0.25) is 5.13 Å². The van der Waals surface area contributed by atoms with E-state index in [-0.39, 0.29) is 10.8 Å². The van der Waals surface area contributed by atoms with Crippen molar-refractivity contribution < 1.29 is 5.11 Å². The Morgan fingerprint density at radius 3 is 2.88 bits per heavy atom. The van der Waals surface area contributed by atoms with Crippen LogP contribution in [0.3, 0.4) is 0 Å². The first-order chi connectivity index (χ1) is 8.06. The summed E-state index contributed by atoms with van der Waals surface area (Å²) in [6.07, 6.45) is 1.43. The van der Waals surface area contributed by atoms with E-state index in [2.05, 4.69) is 15.2 Å². The smallest absolute Gasteiger partial charge is 0.230 e. The van der Waals surface area contributed by atoms with E-state index in [0.29, 0.717) is 19.7 Å². The minimum atomic E-state index is -0.0704. The first-order valence-electron chi connectivity index (χ1n) is 4.34. The van der Waals surface area contributed by atoms with E-state index >= 15 is 0 Å². The van der Waals surface area contributed by atoms with Crippen molar-refractivity contribution in [1.82, 2.24) is 10.2 Å². The van der Waals surface area contributed by atoms with E-state index in [0.717, 1.165) is 0 Å². The zero-order valence-electron chi connectivity index (χ0n) is 8.15. The molecular formula is C9H5Cl2N3OS2. The van der Waals surface area contributed by atoms with Crippen LogP contribution in [0.2, 0.25) is 10.0 Å². The lowest BCUT2D eigenvalue weighted by atomic mass is 10.2. The highest BCUT2D eigenvalue weighted by molar-refractivity contribution is 7.73. The molecule has 0 radical (unpaired) electrons. The summed E-state index contributed by atoms with van der Waals surface area (Å²) < 4.78 is 0.533. The molecule has 1 heterocycles. The van der Waals surface area contributed by atoms with Crippen LogP contribution in [-0.4, -0.2) is 21.5 Å². The average Bonchev–Trinajstić information content (AvgIpc) is 2.67. The third-order valence-electron chi connectivity index (χ3n) is 1.80. The molecule has 0 fully saturated rings. The summed E-state index contributed by atoms with van der Waals surface area (Å²) in [5, 5.41) is 17.2. The maximum absolute atomic E-state index is 9.68. The number of phenols is 1. The Bertz CT molecular complexity index is 635. The van der Waals surface area contributed by atoms with Gasteiger partial charge in [0, 0.05) is 16.8 Å². The predicted molar refractivity (Wildman–Crippen MR) is 72.7 cm³/mol. The molecule has 0 amide bonds. The number of H-pyrrole nitrogens is 1. The highest BCUT2D eigenvalue weighted by Crippen LogP contribution is 2.30. The van der Waals surface area contributed by atoms with Crippen LogP contribution >= 0.6 is 46.8 Å². The molecule has 88 valence electrons. The van der Waals surface area contributed by atoms with Crippen LogP contribution in [0.4, 0.5) is 5.13 Å². The van der Waals surface area contributed by atoms with Gasteiger partial charge < -0.3 is 5.11 Å². The van der Waals surface area contributed by atoms with Crippen molar-refractivity contribution in [3.8, 4) is 5.75 Å². The van der Waals surface area contributed by atoms with Crippen molar-refractivity contribution in [3.05, 3.63) is 31.7 Å². The molecule has 0 bridgehead atoms. The maximum Gasteiger partial charge on any atom is 0.230 e. The molecule has 2 rings (SSSR count). The highest BCUT2D eigenvalue weighted by atomic mass is 35.5. The molecule has 0 saturated heterocycles. The van der Waals surface area contributed by atoms with Gasteiger partial charge in [-0.05, 0) is 24.4 Å². The van der Waals surface area contributed by atoms with Crippen LogP contribution in [0.15, 0.2) is 17.1 Å². The van der Waals surface area contributed by atoms with Gasteiger partial charge in [-0.25, -0.2) is 4.99 Å². The number of aromatic hydroxyl groups is 1. The second kappa shape index (κ2) is 5.14. The van der Waals surface area contributed by atoms with Crippen molar-refractivity contribution >= 4 is 58.1 Å². The number of nitrogens with one attached hydrogen (secondary N) is 1. The minimum Gasteiger partial charge on any atom is -0.506 e. The van der Waals surface area contributed by atoms with E-state index in [1.54, 1.807) is 6.07 Å². The maximum atomic E-state index is 9.68. The second-order valence-electron chi connectivity index (χ2n) is 2.98. The quantitative estimate of drug-likeness (QED) is 0.652. The SMILES string of the molecule is Oc1c(Cl)cc(Cl)cc1/C=N/c1n[nH]c(=S)s1. The van der Waals surface area contributed by atoms with Gasteiger partial charge in [0.1, 0.15) is 5.75 Å². The lowest BCUT2D eigenvalue weighted by Crippen LogP contribution is -1.83. The number of aromatic nitrogens is 2. The molecule has 0 aliphatic heterocycles. The van der Waals surface area contributed by atoms with Crippen LogP contribution in [0.5, 0.6) is 5.75 Å². The molecule has 0 saturated carbocycles. The molecule has 2 aromatic rings. The number of benzene rings is 1. The van der Waals surface area contributed by atoms with Gasteiger partial charge in [-0.3, -0.25) is 5.10 Å². The molecule has 2 N–H and O–H groups in total. The number of phenolic OH excluding ortho intramolecular Hbond substituents is 1. The number of hydrogen-bond acceptors (Lipinski definition) is 5. The lowest BCUT2D eigenvalue weighted by Gasteiger charge is -2.01. The van der Waals surface area contributed by atoms with Gasteiger partial charge in [-0.1, -0.05) is 34.5 Å². The Morgan fingerprint density at radius 2 is 2.24 bits per heavy atom. The molecule has 0 spiro atoms. The minimum absolute atomic E-state index is 0.0704. The van der Waals surface area contributed by atoms with Crippen molar-refractivity contribution in [2.75, 3.05) is 0 Å². The van der Waals surface area contributed by atoms with Gasteiger partial charge in [-0.2, -0.15) is 0 Å². The summed E-state index contributed by atoms with van der Waals surface area (Å²) in [6.45, 7) is 0. The molecule has 1 aromatic heterocycles. The second-order valence-corrected chi connectivity index (χ2v) is 5.47. The molecule has 0 aliphatic rings. The topological polar surface area (TPSA) is 61.3 Å². The Kier molecular flexibility index (Phi) is 3.78. The number of hydrogen-bond donors (Lipinski definition) is 2. The summed E-state index contributed by atoms with van der Waals surface area (Å²) in [6, 6.07) is 3.01. The average molecular weight is 306 g/mol. The van der Waals surface area contributed by atoms with Gasteiger partial charge in [0.05, 0.1) is 5.02 Å². The normalized spacial score (nSPS) is 11.2. The summed E-state index contributed by atoms with van der Waals surface area (Å²) in [4.78, 5) is 4.05. The van der Waals surface area contributed by atoms with Crippen LogP contribution in [-0.2, 0) is 0 Å². The van der Waals surface area contributed by atoms with E-state index in [4.69, 9.17) is 35.4 Å². The number of rotatable bonds is 2. The molecule has 1 aromatic carbocycles. The van der Waals surface area contributed by atoms with Gasteiger partial charge >= 0.3 is 0 Å². The van der Waals surface area contributed by atoms with E-state index in [1.165, 1.54) is 23.6 Å². The number of aliphatic imine (C=N–C) groups is 1. The lowest BCUT2D eigenvalue weighted by molar-refractivity contribution is 0.475.